The van der Waals surface area contributed by atoms with Gasteiger partial charge in [-0.1, -0.05) is 30.3 Å². The first-order valence-electron chi connectivity index (χ1n) is 8.48. The number of ether oxygens (including phenoxy) is 2. The molecule has 1 aliphatic rings. The zero-order valence-electron chi connectivity index (χ0n) is 14.7. The highest BCUT2D eigenvalue weighted by Gasteiger charge is 2.26. The number of rotatable bonds is 6. The number of anilines is 1. The predicted molar refractivity (Wildman–Crippen MR) is 98.2 cm³/mol. The summed E-state index contributed by atoms with van der Waals surface area (Å²) in [7, 11) is 3.32. The number of amides is 1. The minimum Gasteiger partial charge on any atom is -0.495 e. The van der Waals surface area contributed by atoms with Crippen molar-refractivity contribution in [3.8, 4) is 5.75 Å². The molecule has 132 valence electrons. The standard InChI is InChI=1S/C20H24N2O3/c1-24-14-15-7-3-4-8-17(15)20(23)21-16-11-12-22(13-16)18-9-5-6-10-19(18)25-2/h3-10,16H,11-14H2,1-2H3,(H,21,23). The van der Waals surface area contributed by atoms with E-state index < -0.39 is 0 Å². The lowest BCUT2D eigenvalue weighted by molar-refractivity contribution is 0.0935. The minimum atomic E-state index is -0.0421. The monoisotopic (exact) mass is 340 g/mol. The molecule has 2 aromatic carbocycles. The first kappa shape index (κ1) is 17.3. The summed E-state index contributed by atoms with van der Waals surface area (Å²) in [4.78, 5) is 14.9. The second kappa shape index (κ2) is 8.03. The molecule has 1 aliphatic heterocycles. The molecule has 5 heteroatoms. The Kier molecular flexibility index (Phi) is 5.56. The molecule has 1 heterocycles. The van der Waals surface area contributed by atoms with Crippen molar-refractivity contribution in [3.05, 3.63) is 59.7 Å². The first-order valence-corrected chi connectivity index (χ1v) is 8.48. The van der Waals surface area contributed by atoms with Crippen molar-refractivity contribution in [2.75, 3.05) is 32.2 Å². The Morgan fingerprint density at radius 1 is 1.16 bits per heavy atom. The van der Waals surface area contributed by atoms with Gasteiger partial charge in [-0.2, -0.15) is 0 Å². The van der Waals surface area contributed by atoms with Gasteiger partial charge in [0.1, 0.15) is 5.75 Å². The van der Waals surface area contributed by atoms with Gasteiger partial charge in [-0.05, 0) is 30.2 Å². The van der Waals surface area contributed by atoms with E-state index in [2.05, 4.69) is 16.3 Å². The Morgan fingerprint density at radius 2 is 1.92 bits per heavy atom. The first-order chi connectivity index (χ1) is 12.2. The quantitative estimate of drug-likeness (QED) is 0.878. The highest BCUT2D eigenvalue weighted by atomic mass is 16.5. The maximum Gasteiger partial charge on any atom is 0.251 e. The van der Waals surface area contributed by atoms with Gasteiger partial charge in [0, 0.05) is 31.8 Å². The molecule has 1 amide bonds. The van der Waals surface area contributed by atoms with Crippen LogP contribution in [0.25, 0.3) is 0 Å². The van der Waals surface area contributed by atoms with Crippen molar-refractivity contribution in [3.63, 3.8) is 0 Å². The van der Waals surface area contributed by atoms with Crippen LogP contribution in [0.3, 0.4) is 0 Å². The van der Waals surface area contributed by atoms with E-state index in [9.17, 15) is 4.79 Å². The molecule has 0 spiro atoms. The van der Waals surface area contributed by atoms with E-state index in [1.54, 1.807) is 14.2 Å². The van der Waals surface area contributed by atoms with Gasteiger partial charge in [0.25, 0.3) is 5.91 Å². The summed E-state index contributed by atoms with van der Waals surface area (Å²) in [5.74, 6) is 0.819. The molecule has 0 saturated carbocycles. The lowest BCUT2D eigenvalue weighted by atomic mass is 10.1. The molecule has 1 saturated heterocycles. The van der Waals surface area contributed by atoms with Crippen LogP contribution in [-0.2, 0) is 11.3 Å². The molecule has 2 aromatic rings. The lowest BCUT2D eigenvalue weighted by Crippen LogP contribution is -2.37. The number of para-hydroxylation sites is 2. The molecule has 0 radical (unpaired) electrons. The SMILES string of the molecule is COCc1ccccc1C(=O)NC1CCN(c2ccccc2OC)C1. The topological polar surface area (TPSA) is 50.8 Å². The summed E-state index contributed by atoms with van der Waals surface area (Å²) >= 11 is 0. The van der Waals surface area contributed by atoms with Crippen LogP contribution in [0, 0.1) is 0 Å². The Balaban J connectivity index is 1.66. The Labute approximate surface area is 148 Å². The predicted octanol–water partition coefficient (Wildman–Crippen LogP) is 2.85. The van der Waals surface area contributed by atoms with Gasteiger partial charge in [0.05, 0.1) is 19.4 Å². The normalized spacial score (nSPS) is 16.7. The summed E-state index contributed by atoms with van der Waals surface area (Å²) in [6.45, 7) is 2.10. The highest BCUT2D eigenvalue weighted by Crippen LogP contribution is 2.30. The molecular formula is C20H24N2O3. The molecule has 1 atom stereocenters. The summed E-state index contributed by atoms with van der Waals surface area (Å²) in [6, 6.07) is 15.7. The fourth-order valence-corrected chi connectivity index (χ4v) is 3.27. The fourth-order valence-electron chi connectivity index (χ4n) is 3.27. The number of hydrogen-bond acceptors (Lipinski definition) is 4. The highest BCUT2D eigenvalue weighted by molar-refractivity contribution is 5.95. The second-order valence-electron chi connectivity index (χ2n) is 6.17. The maximum atomic E-state index is 12.7. The Hall–Kier alpha value is -2.53. The van der Waals surface area contributed by atoms with E-state index in [1.165, 1.54) is 0 Å². The van der Waals surface area contributed by atoms with Crippen LogP contribution < -0.4 is 15.0 Å². The van der Waals surface area contributed by atoms with Gasteiger partial charge in [0.2, 0.25) is 0 Å². The van der Waals surface area contributed by atoms with Gasteiger partial charge < -0.3 is 19.7 Å². The van der Waals surface area contributed by atoms with Crippen LogP contribution >= 0.6 is 0 Å². The number of hydrogen-bond donors (Lipinski definition) is 1. The molecule has 1 fully saturated rings. The van der Waals surface area contributed by atoms with Crippen molar-refractivity contribution in [1.29, 1.82) is 0 Å². The van der Waals surface area contributed by atoms with E-state index in [4.69, 9.17) is 9.47 Å². The molecular weight excluding hydrogens is 316 g/mol. The molecule has 0 aromatic heterocycles. The maximum absolute atomic E-state index is 12.7. The van der Waals surface area contributed by atoms with Crippen LogP contribution in [-0.4, -0.2) is 39.3 Å². The van der Waals surface area contributed by atoms with Crippen LogP contribution in [0.15, 0.2) is 48.5 Å². The van der Waals surface area contributed by atoms with Gasteiger partial charge in [-0.3, -0.25) is 4.79 Å². The van der Waals surface area contributed by atoms with Crippen LogP contribution in [0.5, 0.6) is 5.75 Å². The molecule has 1 unspecified atom stereocenters. The van der Waals surface area contributed by atoms with Crippen molar-refractivity contribution in [1.82, 2.24) is 5.32 Å². The number of methoxy groups -OCH3 is 2. The van der Waals surface area contributed by atoms with Crippen molar-refractivity contribution < 1.29 is 14.3 Å². The number of nitrogens with zero attached hydrogens (tertiary/aromatic N) is 1. The average molecular weight is 340 g/mol. The van der Waals surface area contributed by atoms with Gasteiger partial charge >= 0.3 is 0 Å². The van der Waals surface area contributed by atoms with Gasteiger partial charge in [0.15, 0.2) is 0 Å². The van der Waals surface area contributed by atoms with Crippen LogP contribution in [0.2, 0.25) is 0 Å². The summed E-state index contributed by atoms with van der Waals surface area (Å²) in [5.41, 5.74) is 2.66. The van der Waals surface area contributed by atoms with Crippen molar-refractivity contribution in [2.45, 2.75) is 19.1 Å². The third-order valence-electron chi connectivity index (χ3n) is 4.51. The average Bonchev–Trinajstić information content (AvgIpc) is 3.10. The molecule has 5 nitrogen and oxygen atoms in total. The van der Waals surface area contributed by atoms with E-state index in [1.807, 2.05) is 42.5 Å². The summed E-state index contributed by atoms with van der Waals surface area (Å²) in [6.07, 6.45) is 0.913. The van der Waals surface area contributed by atoms with Crippen LogP contribution in [0.1, 0.15) is 22.3 Å². The van der Waals surface area contributed by atoms with Crippen molar-refractivity contribution in [2.24, 2.45) is 0 Å². The zero-order valence-corrected chi connectivity index (χ0v) is 14.7. The van der Waals surface area contributed by atoms with E-state index >= 15 is 0 Å². The number of carbonyl (C=O) groups is 1. The van der Waals surface area contributed by atoms with Crippen molar-refractivity contribution >= 4 is 11.6 Å². The number of nitrogens with one attached hydrogen (secondary N) is 1. The Morgan fingerprint density at radius 3 is 2.72 bits per heavy atom. The van der Waals surface area contributed by atoms with Gasteiger partial charge in [-0.15, -0.1) is 0 Å². The Bertz CT molecular complexity index is 732. The minimum absolute atomic E-state index is 0.0421. The third-order valence-corrected chi connectivity index (χ3v) is 4.51. The van der Waals surface area contributed by atoms with Crippen LogP contribution in [0.4, 0.5) is 5.69 Å². The molecule has 0 aliphatic carbocycles. The lowest BCUT2D eigenvalue weighted by Gasteiger charge is -2.21. The number of carbonyl (C=O) groups excluding carboxylic acids is 1. The van der Waals surface area contributed by atoms with Gasteiger partial charge in [-0.25, -0.2) is 0 Å². The van der Waals surface area contributed by atoms with E-state index in [0.717, 1.165) is 36.5 Å². The molecule has 25 heavy (non-hydrogen) atoms. The summed E-state index contributed by atoms with van der Waals surface area (Å²) < 4.78 is 10.6. The van der Waals surface area contributed by atoms with E-state index in [-0.39, 0.29) is 11.9 Å². The molecule has 3 rings (SSSR count). The molecule has 0 bridgehead atoms. The largest absolute Gasteiger partial charge is 0.495 e. The van der Waals surface area contributed by atoms with E-state index in [0.29, 0.717) is 12.2 Å². The third kappa shape index (κ3) is 3.94. The summed E-state index contributed by atoms with van der Waals surface area (Å²) in [5, 5.41) is 3.15. The fraction of sp³-hybridized carbons (Fsp3) is 0.350. The smallest absolute Gasteiger partial charge is 0.251 e. The molecule has 1 N–H and O–H groups in total. The number of benzene rings is 2. The zero-order chi connectivity index (χ0) is 17.6. The second-order valence-corrected chi connectivity index (χ2v) is 6.17.